The Morgan fingerprint density at radius 1 is 1.05 bits per heavy atom. The fourth-order valence-electron chi connectivity index (χ4n) is 1.58. The predicted octanol–water partition coefficient (Wildman–Crippen LogP) is 1.22. The van der Waals surface area contributed by atoms with Gasteiger partial charge in [0, 0.05) is 5.56 Å². The van der Waals surface area contributed by atoms with Crippen molar-refractivity contribution in [2.75, 3.05) is 0 Å². The minimum atomic E-state index is -1.60. The van der Waals surface area contributed by atoms with Gasteiger partial charge in [0.05, 0.1) is 0 Å². The van der Waals surface area contributed by atoms with E-state index in [2.05, 4.69) is 0 Å². The molecule has 2 N–H and O–H groups in total. The van der Waals surface area contributed by atoms with Gasteiger partial charge in [0.1, 0.15) is 24.0 Å². The van der Waals surface area contributed by atoms with E-state index in [0.717, 1.165) is 18.2 Å². The maximum atomic E-state index is 13.4. The van der Waals surface area contributed by atoms with Crippen molar-refractivity contribution in [2.24, 2.45) is 0 Å². The van der Waals surface area contributed by atoms with Gasteiger partial charge in [-0.15, -0.1) is 0 Å². The number of rotatable bonds is 4. The van der Waals surface area contributed by atoms with E-state index in [9.17, 15) is 8.78 Å². The minimum Gasteiger partial charge on any atom is -0.489 e. The van der Waals surface area contributed by atoms with E-state index in [0.29, 0.717) is 5.75 Å². The third-order valence-corrected chi connectivity index (χ3v) is 2.56. The zero-order valence-corrected chi connectivity index (χ0v) is 9.88. The van der Waals surface area contributed by atoms with Crippen molar-refractivity contribution in [2.45, 2.75) is 6.61 Å². The summed E-state index contributed by atoms with van der Waals surface area (Å²) < 4.78 is 31.6. The molecule has 0 aliphatic carbocycles. The largest absolute Gasteiger partial charge is 0.489 e. The predicted molar refractivity (Wildman–Crippen MR) is 67.0 cm³/mol. The van der Waals surface area contributed by atoms with Crippen LogP contribution in [0.25, 0.3) is 0 Å². The fraction of sp³-hybridized carbons (Fsp3) is 0.0769. The topological polar surface area (TPSA) is 49.7 Å². The monoisotopic (exact) mass is 264 g/mol. The normalized spacial score (nSPS) is 10.3. The molecule has 2 aromatic rings. The highest BCUT2D eigenvalue weighted by Crippen LogP contribution is 2.14. The Kier molecular flexibility index (Phi) is 4.14. The van der Waals surface area contributed by atoms with Crippen LogP contribution in [0.3, 0.4) is 0 Å². The number of ether oxygens (including phenoxy) is 1. The van der Waals surface area contributed by atoms with Crippen molar-refractivity contribution in [3.8, 4) is 5.75 Å². The Labute approximate surface area is 109 Å². The molecule has 0 saturated carbocycles. The smallest absolute Gasteiger partial charge is 0.488 e. The summed E-state index contributed by atoms with van der Waals surface area (Å²) in [6, 6.07) is 9.21. The van der Waals surface area contributed by atoms with E-state index in [1.54, 1.807) is 12.1 Å². The molecule has 0 spiro atoms. The Balaban J connectivity index is 2.10. The number of benzene rings is 2. The van der Waals surface area contributed by atoms with Gasteiger partial charge in [0.15, 0.2) is 0 Å². The number of hydrogen-bond acceptors (Lipinski definition) is 3. The molecule has 98 valence electrons. The van der Waals surface area contributed by atoms with Gasteiger partial charge < -0.3 is 14.8 Å². The Morgan fingerprint density at radius 2 is 1.84 bits per heavy atom. The molecule has 19 heavy (non-hydrogen) atoms. The standard InChI is InChI=1S/C13H11BF2O3/c15-11-4-5-13(16)9(6-11)8-19-12-3-1-2-10(7-12)14(17)18/h1-7,17-18H,8H2. The van der Waals surface area contributed by atoms with Crippen LogP contribution in [-0.2, 0) is 6.61 Å². The maximum Gasteiger partial charge on any atom is 0.488 e. The highest BCUT2D eigenvalue weighted by Gasteiger charge is 2.11. The van der Waals surface area contributed by atoms with Gasteiger partial charge in [-0.25, -0.2) is 8.78 Å². The van der Waals surface area contributed by atoms with Crippen LogP contribution in [0.15, 0.2) is 42.5 Å². The van der Waals surface area contributed by atoms with Gasteiger partial charge >= 0.3 is 7.12 Å². The average Bonchev–Trinajstić information content (AvgIpc) is 2.40. The third kappa shape index (κ3) is 3.53. The second kappa shape index (κ2) is 5.82. The Bertz CT molecular complexity index is 576. The van der Waals surface area contributed by atoms with E-state index < -0.39 is 18.8 Å². The lowest BCUT2D eigenvalue weighted by atomic mass is 9.80. The fourth-order valence-corrected chi connectivity index (χ4v) is 1.58. The summed E-state index contributed by atoms with van der Waals surface area (Å²) in [5.41, 5.74) is 0.354. The van der Waals surface area contributed by atoms with E-state index in [-0.39, 0.29) is 17.6 Å². The lowest BCUT2D eigenvalue weighted by molar-refractivity contribution is 0.299. The van der Waals surface area contributed by atoms with Crippen LogP contribution in [0.1, 0.15) is 5.56 Å². The number of halogens is 2. The van der Waals surface area contributed by atoms with Gasteiger partial charge in [0.2, 0.25) is 0 Å². The van der Waals surface area contributed by atoms with Crippen LogP contribution in [0, 0.1) is 11.6 Å². The van der Waals surface area contributed by atoms with Crippen molar-refractivity contribution in [3.63, 3.8) is 0 Å². The van der Waals surface area contributed by atoms with Crippen LogP contribution in [0.5, 0.6) is 5.75 Å². The van der Waals surface area contributed by atoms with E-state index in [1.165, 1.54) is 12.1 Å². The summed E-state index contributed by atoms with van der Waals surface area (Å²) in [6.07, 6.45) is 0. The lowest BCUT2D eigenvalue weighted by Crippen LogP contribution is -2.29. The van der Waals surface area contributed by atoms with Crippen molar-refractivity contribution < 1.29 is 23.6 Å². The number of hydrogen-bond donors (Lipinski definition) is 2. The third-order valence-electron chi connectivity index (χ3n) is 2.56. The molecule has 2 aromatic carbocycles. The summed E-state index contributed by atoms with van der Waals surface area (Å²) in [4.78, 5) is 0. The van der Waals surface area contributed by atoms with Gasteiger partial charge in [0.25, 0.3) is 0 Å². The summed E-state index contributed by atoms with van der Waals surface area (Å²) in [6.45, 7) is -0.144. The lowest BCUT2D eigenvalue weighted by Gasteiger charge is -2.08. The van der Waals surface area contributed by atoms with Crippen LogP contribution < -0.4 is 10.2 Å². The first-order valence-electron chi connectivity index (χ1n) is 5.59. The molecule has 0 aliphatic heterocycles. The van der Waals surface area contributed by atoms with E-state index in [1.807, 2.05) is 0 Å². The van der Waals surface area contributed by atoms with Crippen LogP contribution >= 0.6 is 0 Å². The van der Waals surface area contributed by atoms with Crippen LogP contribution in [-0.4, -0.2) is 17.2 Å². The van der Waals surface area contributed by atoms with Crippen LogP contribution in [0.2, 0.25) is 0 Å². The van der Waals surface area contributed by atoms with E-state index in [4.69, 9.17) is 14.8 Å². The van der Waals surface area contributed by atoms with Crippen molar-refractivity contribution in [1.82, 2.24) is 0 Å². The van der Waals surface area contributed by atoms with Crippen molar-refractivity contribution in [1.29, 1.82) is 0 Å². The zero-order valence-electron chi connectivity index (χ0n) is 9.88. The first kappa shape index (κ1) is 13.5. The van der Waals surface area contributed by atoms with Gasteiger partial charge in [-0.3, -0.25) is 0 Å². The molecule has 0 fully saturated rings. The molecular weight excluding hydrogens is 253 g/mol. The molecule has 0 unspecified atom stereocenters. The first-order chi connectivity index (χ1) is 9.06. The van der Waals surface area contributed by atoms with Crippen LogP contribution in [0.4, 0.5) is 8.78 Å². The van der Waals surface area contributed by atoms with Gasteiger partial charge in [-0.2, -0.15) is 0 Å². The zero-order chi connectivity index (χ0) is 13.8. The molecule has 0 aromatic heterocycles. The van der Waals surface area contributed by atoms with Gasteiger partial charge in [-0.1, -0.05) is 12.1 Å². The highest BCUT2D eigenvalue weighted by atomic mass is 19.1. The molecule has 6 heteroatoms. The summed E-state index contributed by atoms with van der Waals surface area (Å²) in [7, 11) is -1.60. The average molecular weight is 264 g/mol. The molecule has 3 nitrogen and oxygen atoms in total. The molecular formula is C13H11BF2O3. The van der Waals surface area contributed by atoms with Crippen molar-refractivity contribution in [3.05, 3.63) is 59.7 Å². The second-order valence-electron chi connectivity index (χ2n) is 3.97. The SMILES string of the molecule is OB(O)c1cccc(OCc2cc(F)ccc2F)c1. The summed E-state index contributed by atoms with van der Waals surface area (Å²) >= 11 is 0. The first-order valence-corrected chi connectivity index (χ1v) is 5.59. The molecule has 0 aliphatic rings. The molecule has 0 saturated heterocycles. The Hall–Kier alpha value is -1.92. The quantitative estimate of drug-likeness (QED) is 0.816. The Morgan fingerprint density at radius 3 is 2.58 bits per heavy atom. The maximum absolute atomic E-state index is 13.4. The van der Waals surface area contributed by atoms with Gasteiger partial charge in [-0.05, 0) is 35.8 Å². The summed E-state index contributed by atoms with van der Waals surface area (Å²) in [5, 5.41) is 18.0. The molecule has 0 heterocycles. The minimum absolute atomic E-state index is 0.0925. The highest BCUT2D eigenvalue weighted by molar-refractivity contribution is 6.58. The van der Waals surface area contributed by atoms with Crippen molar-refractivity contribution >= 4 is 12.6 Å². The molecule has 2 rings (SSSR count). The second-order valence-corrected chi connectivity index (χ2v) is 3.97. The van der Waals surface area contributed by atoms with E-state index >= 15 is 0 Å². The molecule has 0 amide bonds. The summed E-state index contributed by atoms with van der Waals surface area (Å²) in [5.74, 6) is -0.756. The molecule has 0 bridgehead atoms. The molecule has 0 atom stereocenters. The molecule has 0 radical (unpaired) electrons.